The van der Waals surface area contributed by atoms with Crippen LogP contribution in [0.3, 0.4) is 0 Å². The second-order valence-electron chi connectivity index (χ2n) is 12.8. The zero-order valence-electron chi connectivity index (χ0n) is 27.8. The predicted molar refractivity (Wildman–Crippen MR) is 210 cm³/mol. The average molecular weight is 665 g/mol. The quantitative estimate of drug-likeness (QED) is 0.184. The Morgan fingerprint density at radius 2 is 0.846 bits per heavy atom. The van der Waals surface area contributed by atoms with E-state index >= 15 is 0 Å². The van der Waals surface area contributed by atoms with Crippen molar-refractivity contribution >= 4 is 43.6 Å². The summed E-state index contributed by atoms with van der Waals surface area (Å²) in [7, 11) is 0. The Bertz CT molecular complexity index is 2950. The zero-order chi connectivity index (χ0) is 34.6. The molecule has 3 heterocycles. The molecule has 7 aromatic carbocycles. The van der Waals surface area contributed by atoms with Crippen LogP contribution in [0.1, 0.15) is 5.56 Å². The van der Waals surface area contributed by atoms with Gasteiger partial charge in [-0.2, -0.15) is 5.26 Å². The van der Waals surface area contributed by atoms with E-state index in [0.717, 1.165) is 66.3 Å². The molecule has 0 aliphatic rings. The monoisotopic (exact) mass is 664 g/mol. The first-order valence-corrected chi connectivity index (χ1v) is 17.2. The largest absolute Gasteiger partial charge is 0.309 e. The summed E-state index contributed by atoms with van der Waals surface area (Å²) >= 11 is 0. The molecular formula is C46H28N6. The topological polar surface area (TPSA) is 72.3 Å². The van der Waals surface area contributed by atoms with E-state index < -0.39 is 0 Å². The molecule has 6 heteroatoms. The van der Waals surface area contributed by atoms with Crippen LogP contribution in [0.25, 0.3) is 89.2 Å². The maximum absolute atomic E-state index is 10.5. The Balaban J connectivity index is 1.25. The molecule has 0 saturated heterocycles. The van der Waals surface area contributed by atoms with Crippen LogP contribution in [0, 0.1) is 11.3 Å². The molecule has 52 heavy (non-hydrogen) atoms. The highest BCUT2D eigenvalue weighted by atomic mass is 15.0. The third-order valence-corrected chi connectivity index (χ3v) is 9.80. The molecule has 0 amide bonds. The molecule has 242 valence electrons. The number of hydrogen-bond acceptors (Lipinski definition) is 4. The van der Waals surface area contributed by atoms with Crippen molar-refractivity contribution in [3.8, 4) is 51.6 Å². The van der Waals surface area contributed by atoms with Gasteiger partial charge in [-0.05, 0) is 54.6 Å². The second kappa shape index (κ2) is 11.9. The zero-order valence-corrected chi connectivity index (χ0v) is 27.8. The van der Waals surface area contributed by atoms with Gasteiger partial charge in [-0.3, -0.25) is 0 Å². The van der Waals surface area contributed by atoms with Crippen LogP contribution in [0.2, 0.25) is 0 Å². The highest BCUT2D eigenvalue weighted by Crippen LogP contribution is 2.40. The SMILES string of the molecule is N#Cc1ccc(-c2nc(-c3ccccc3)nc(-c3ccccc3)n2)cc1-n1c2ccccc2c2cc3c(cc21)c1ccccc1n3-c1ccccc1. The Hall–Kier alpha value is -7.36. The number of para-hydroxylation sites is 3. The van der Waals surface area contributed by atoms with E-state index in [-0.39, 0.29) is 0 Å². The molecule has 0 saturated carbocycles. The summed E-state index contributed by atoms with van der Waals surface area (Å²) < 4.78 is 4.56. The van der Waals surface area contributed by atoms with E-state index in [0.29, 0.717) is 23.0 Å². The van der Waals surface area contributed by atoms with Crippen LogP contribution in [0.5, 0.6) is 0 Å². The maximum atomic E-state index is 10.5. The number of aromatic nitrogens is 5. The van der Waals surface area contributed by atoms with Gasteiger partial charge < -0.3 is 9.13 Å². The fourth-order valence-electron chi connectivity index (χ4n) is 7.43. The molecule has 0 atom stereocenters. The van der Waals surface area contributed by atoms with E-state index in [4.69, 9.17) is 15.0 Å². The molecule has 10 aromatic rings. The van der Waals surface area contributed by atoms with Crippen LogP contribution >= 0.6 is 0 Å². The van der Waals surface area contributed by atoms with Crippen LogP contribution < -0.4 is 0 Å². The smallest absolute Gasteiger partial charge is 0.164 e. The van der Waals surface area contributed by atoms with Gasteiger partial charge in [0, 0.05) is 43.9 Å². The van der Waals surface area contributed by atoms with E-state index in [2.05, 4.69) is 100 Å². The van der Waals surface area contributed by atoms with Gasteiger partial charge in [-0.1, -0.05) is 115 Å². The summed E-state index contributed by atoms with van der Waals surface area (Å²) in [5.41, 5.74) is 9.32. The van der Waals surface area contributed by atoms with Crippen molar-refractivity contribution in [3.05, 3.63) is 175 Å². The van der Waals surface area contributed by atoms with Gasteiger partial charge in [0.1, 0.15) is 6.07 Å². The average Bonchev–Trinajstić information content (AvgIpc) is 3.72. The molecule has 0 aliphatic heterocycles. The molecule has 0 bridgehead atoms. The molecular weight excluding hydrogens is 637 g/mol. The van der Waals surface area contributed by atoms with Crippen molar-refractivity contribution in [2.45, 2.75) is 0 Å². The maximum Gasteiger partial charge on any atom is 0.164 e. The highest BCUT2D eigenvalue weighted by Gasteiger charge is 2.21. The lowest BCUT2D eigenvalue weighted by molar-refractivity contribution is 1.07. The number of rotatable bonds is 5. The summed E-state index contributed by atoms with van der Waals surface area (Å²) in [6.45, 7) is 0. The molecule has 0 aliphatic carbocycles. The minimum Gasteiger partial charge on any atom is -0.309 e. The fraction of sp³-hybridized carbons (Fsp3) is 0. The van der Waals surface area contributed by atoms with E-state index in [9.17, 15) is 5.26 Å². The first-order chi connectivity index (χ1) is 25.7. The molecule has 0 fully saturated rings. The van der Waals surface area contributed by atoms with Crippen LogP contribution in [-0.2, 0) is 0 Å². The molecule has 6 nitrogen and oxygen atoms in total. The third-order valence-electron chi connectivity index (χ3n) is 9.80. The number of nitriles is 1. The highest BCUT2D eigenvalue weighted by molar-refractivity contribution is 6.19. The van der Waals surface area contributed by atoms with Crippen LogP contribution in [-0.4, -0.2) is 24.1 Å². The Labute approximate surface area is 299 Å². The van der Waals surface area contributed by atoms with Crippen LogP contribution in [0.15, 0.2) is 170 Å². The van der Waals surface area contributed by atoms with E-state index in [1.54, 1.807) is 0 Å². The standard InChI is InChI=1S/C46H28N6/c47-29-33-25-24-32(46-49-44(30-14-4-1-5-15-30)48-45(50-46)31-16-6-2-7-17-31)26-41(33)52-40-23-13-11-21-36(40)38-27-42-37(28-43(38)52)35-20-10-12-22-39(35)51(42)34-18-8-3-9-19-34/h1-28H. The van der Waals surface area contributed by atoms with Crippen LogP contribution in [0.4, 0.5) is 0 Å². The first kappa shape index (κ1) is 29.5. The molecule has 10 rings (SSSR count). The lowest BCUT2D eigenvalue weighted by Crippen LogP contribution is -2.02. The van der Waals surface area contributed by atoms with Crippen molar-refractivity contribution in [2.75, 3.05) is 0 Å². The number of hydrogen-bond donors (Lipinski definition) is 0. The van der Waals surface area contributed by atoms with Gasteiger partial charge in [0.2, 0.25) is 0 Å². The number of fused-ring (bicyclic) bond motifs is 6. The van der Waals surface area contributed by atoms with E-state index in [1.165, 1.54) is 5.39 Å². The normalized spacial score (nSPS) is 11.4. The van der Waals surface area contributed by atoms with Crippen molar-refractivity contribution in [1.82, 2.24) is 24.1 Å². The van der Waals surface area contributed by atoms with Gasteiger partial charge in [0.25, 0.3) is 0 Å². The van der Waals surface area contributed by atoms with Crippen molar-refractivity contribution in [2.24, 2.45) is 0 Å². The van der Waals surface area contributed by atoms with Gasteiger partial charge in [0.05, 0.1) is 33.3 Å². The van der Waals surface area contributed by atoms with Gasteiger partial charge in [-0.25, -0.2) is 15.0 Å². The van der Waals surface area contributed by atoms with Gasteiger partial charge >= 0.3 is 0 Å². The third kappa shape index (κ3) is 4.68. The van der Waals surface area contributed by atoms with Crippen molar-refractivity contribution < 1.29 is 0 Å². The number of nitrogens with zero attached hydrogens (tertiary/aromatic N) is 6. The second-order valence-corrected chi connectivity index (χ2v) is 12.8. The summed E-state index contributed by atoms with van der Waals surface area (Å²) in [6, 6.07) is 60.3. The minimum atomic E-state index is 0.535. The number of benzene rings is 7. The minimum absolute atomic E-state index is 0.535. The summed E-state index contributed by atoms with van der Waals surface area (Å²) in [5, 5.41) is 15.1. The van der Waals surface area contributed by atoms with E-state index in [1.807, 2.05) is 84.9 Å². The molecule has 0 radical (unpaired) electrons. The molecule has 3 aromatic heterocycles. The van der Waals surface area contributed by atoms with Crippen molar-refractivity contribution in [3.63, 3.8) is 0 Å². The Morgan fingerprint density at radius 1 is 0.385 bits per heavy atom. The van der Waals surface area contributed by atoms with Gasteiger partial charge in [0.15, 0.2) is 17.5 Å². The lowest BCUT2D eigenvalue weighted by atomic mass is 10.1. The molecule has 0 N–H and O–H groups in total. The first-order valence-electron chi connectivity index (χ1n) is 17.2. The van der Waals surface area contributed by atoms with Gasteiger partial charge in [-0.15, -0.1) is 0 Å². The summed E-state index contributed by atoms with van der Waals surface area (Å²) in [5.74, 6) is 1.71. The molecule has 0 unspecified atom stereocenters. The summed E-state index contributed by atoms with van der Waals surface area (Å²) in [4.78, 5) is 14.9. The predicted octanol–water partition coefficient (Wildman–Crippen LogP) is 10.9. The Kier molecular flexibility index (Phi) is 6.76. The summed E-state index contributed by atoms with van der Waals surface area (Å²) in [6.07, 6.45) is 0. The Morgan fingerprint density at radius 3 is 1.40 bits per heavy atom. The lowest BCUT2D eigenvalue weighted by Gasteiger charge is -2.13. The van der Waals surface area contributed by atoms with Crippen molar-refractivity contribution in [1.29, 1.82) is 5.26 Å². The molecule has 0 spiro atoms. The fourth-order valence-corrected chi connectivity index (χ4v) is 7.43.